The Morgan fingerprint density at radius 2 is 1.53 bits per heavy atom. The van der Waals surface area contributed by atoms with Crippen LogP contribution in [0.2, 0.25) is 0 Å². The van der Waals surface area contributed by atoms with Crippen molar-refractivity contribution in [1.82, 2.24) is 5.32 Å². The van der Waals surface area contributed by atoms with E-state index >= 15 is 0 Å². The summed E-state index contributed by atoms with van der Waals surface area (Å²) in [5, 5.41) is 1.44. The molecule has 45 heavy (non-hydrogen) atoms. The quantitative estimate of drug-likeness (QED) is 0.136. The van der Waals surface area contributed by atoms with Gasteiger partial charge in [-0.25, -0.2) is 8.42 Å². The number of ether oxygens (including phenoxy) is 3. The highest BCUT2D eigenvalue weighted by molar-refractivity contribution is 8.15. The molecule has 1 saturated heterocycles. The molecule has 4 aromatic rings. The van der Waals surface area contributed by atoms with E-state index in [9.17, 15) is 18.0 Å². The predicted octanol–water partition coefficient (Wildman–Crippen LogP) is 7.41. The Hall–Kier alpha value is -4.48. The monoisotopic (exact) mass is 646 g/mol. The number of para-hydroxylation sites is 1. The fourth-order valence-corrected chi connectivity index (χ4v) is 6.65. The van der Waals surface area contributed by atoms with Crippen molar-refractivity contribution in [2.24, 2.45) is 0 Å². The number of aryl methyl sites for hydroxylation is 2. The van der Waals surface area contributed by atoms with E-state index in [4.69, 9.17) is 14.2 Å². The van der Waals surface area contributed by atoms with E-state index in [-0.39, 0.29) is 16.0 Å². The number of benzene rings is 4. The van der Waals surface area contributed by atoms with Crippen LogP contribution in [-0.2, 0) is 21.2 Å². The van der Waals surface area contributed by atoms with Gasteiger partial charge in [-0.05, 0) is 102 Å². The highest BCUT2D eigenvalue weighted by atomic mass is 32.2. The molecule has 234 valence electrons. The molecule has 11 heteroatoms. The molecule has 2 N–H and O–H groups in total. The number of hydrogen-bond acceptors (Lipinski definition) is 8. The maximum absolute atomic E-state index is 12.9. The summed E-state index contributed by atoms with van der Waals surface area (Å²) >= 11 is 0.975. The van der Waals surface area contributed by atoms with Crippen molar-refractivity contribution in [3.63, 3.8) is 0 Å². The van der Waals surface area contributed by atoms with Gasteiger partial charge in [-0.3, -0.25) is 19.6 Å². The third-order valence-electron chi connectivity index (χ3n) is 7.00. The van der Waals surface area contributed by atoms with Gasteiger partial charge in [0.1, 0.15) is 28.2 Å². The lowest BCUT2D eigenvalue weighted by atomic mass is 10.1. The smallest absolute Gasteiger partial charge is 0.286 e. The van der Waals surface area contributed by atoms with Crippen molar-refractivity contribution in [2.45, 2.75) is 43.3 Å². The highest BCUT2D eigenvalue weighted by Crippen LogP contribution is 2.35. The zero-order chi connectivity index (χ0) is 31.8. The molecular weight excluding hydrogens is 613 g/mol. The molecule has 1 aliphatic rings. The maximum atomic E-state index is 12.9. The Morgan fingerprint density at radius 3 is 2.22 bits per heavy atom. The first-order valence-corrected chi connectivity index (χ1v) is 16.9. The summed E-state index contributed by atoms with van der Waals surface area (Å²) in [6.45, 7) is 4.85. The molecule has 5 rings (SSSR count). The van der Waals surface area contributed by atoms with Gasteiger partial charge in [0, 0.05) is 6.42 Å². The minimum absolute atomic E-state index is 0.143. The lowest BCUT2D eigenvalue weighted by Crippen LogP contribution is -2.20. The number of nitrogens with one attached hydrogen (secondary N) is 2. The second-order valence-corrected chi connectivity index (χ2v) is 13.2. The molecule has 1 fully saturated rings. The SMILES string of the molecule is CCCc1cc(Oc2ccc(S(=O)(=O)Nc3ccccc3C)cc2)ccc1OCCCOc1ccc(C2SC(=O)NC2=O)cc1. The molecule has 9 nitrogen and oxygen atoms in total. The first kappa shape index (κ1) is 31.9. The van der Waals surface area contributed by atoms with E-state index in [0.29, 0.717) is 42.6 Å². The standard InChI is InChI=1S/C34H34N2O7S2/c1-3-7-25-22-28(43-27-14-17-29(18-15-27)45(39,40)36-30-9-5-4-8-23(30)2)16-19-31(25)42-21-6-20-41-26-12-10-24(11-13-26)32-33(37)35-34(38)44-32/h4-5,8-19,22,32,36H,3,6-7,20-21H2,1-2H3,(H,35,37,38). The first-order chi connectivity index (χ1) is 21.7. The molecule has 1 atom stereocenters. The minimum atomic E-state index is -3.74. The summed E-state index contributed by atoms with van der Waals surface area (Å²) in [5.74, 6) is 2.30. The van der Waals surface area contributed by atoms with Crippen LogP contribution in [0.1, 0.15) is 41.7 Å². The Kier molecular flexibility index (Phi) is 10.3. The summed E-state index contributed by atoms with van der Waals surface area (Å²) in [6, 6.07) is 26.3. The topological polar surface area (TPSA) is 120 Å². The molecule has 0 radical (unpaired) electrons. The molecule has 0 aliphatic carbocycles. The van der Waals surface area contributed by atoms with Gasteiger partial charge in [-0.1, -0.05) is 43.7 Å². The van der Waals surface area contributed by atoms with Crippen LogP contribution in [-0.4, -0.2) is 32.8 Å². The van der Waals surface area contributed by atoms with Crippen molar-refractivity contribution in [3.05, 3.63) is 108 Å². The number of carbonyl (C=O) groups is 2. The van der Waals surface area contributed by atoms with Crippen LogP contribution in [0, 0.1) is 6.92 Å². The lowest BCUT2D eigenvalue weighted by Gasteiger charge is -2.14. The van der Waals surface area contributed by atoms with Crippen LogP contribution in [0.4, 0.5) is 10.5 Å². The van der Waals surface area contributed by atoms with Gasteiger partial charge in [0.25, 0.3) is 15.3 Å². The number of thioether (sulfide) groups is 1. The van der Waals surface area contributed by atoms with Crippen molar-refractivity contribution >= 4 is 38.6 Å². The number of anilines is 1. The van der Waals surface area contributed by atoms with Crippen LogP contribution < -0.4 is 24.2 Å². The third-order valence-corrected chi connectivity index (χ3v) is 9.42. The van der Waals surface area contributed by atoms with E-state index < -0.39 is 15.3 Å². The summed E-state index contributed by atoms with van der Waals surface area (Å²) < 4.78 is 46.3. The third kappa shape index (κ3) is 8.37. The fourth-order valence-electron chi connectivity index (χ4n) is 4.68. The van der Waals surface area contributed by atoms with Gasteiger partial charge in [0.15, 0.2) is 0 Å². The van der Waals surface area contributed by atoms with Crippen LogP contribution in [0.25, 0.3) is 0 Å². The Bertz CT molecular complexity index is 1760. The van der Waals surface area contributed by atoms with Gasteiger partial charge < -0.3 is 14.2 Å². The number of amides is 2. The maximum Gasteiger partial charge on any atom is 0.286 e. The summed E-state index contributed by atoms with van der Waals surface area (Å²) in [7, 11) is -3.74. The zero-order valence-corrected chi connectivity index (χ0v) is 26.6. The van der Waals surface area contributed by atoms with Crippen molar-refractivity contribution in [1.29, 1.82) is 0 Å². The molecule has 0 spiro atoms. The van der Waals surface area contributed by atoms with Crippen LogP contribution in [0.5, 0.6) is 23.0 Å². The van der Waals surface area contributed by atoms with Crippen molar-refractivity contribution < 1.29 is 32.2 Å². The predicted molar refractivity (Wildman–Crippen MR) is 175 cm³/mol. The minimum Gasteiger partial charge on any atom is -0.493 e. The molecule has 1 heterocycles. The van der Waals surface area contributed by atoms with Crippen LogP contribution in [0.3, 0.4) is 0 Å². The van der Waals surface area contributed by atoms with E-state index in [2.05, 4.69) is 17.0 Å². The van der Waals surface area contributed by atoms with Gasteiger partial charge in [0.2, 0.25) is 5.91 Å². The number of rotatable bonds is 14. The Labute approximate surface area is 267 Å². The molecule has 2 amide bonds. The number of sulfonamides is 1. The zero-order valence-electron chi connectivity index (χ0n) is 24.9. The lowest BCUT2D eigenvalue weighted by molar-refractivity contribution is -0.119. The van der Waals surface area contributed by atoms with Gasteiger partial charge in [0.05, 0.1) is 23.8 Å². The van der Waals surface area contributed by atoms with Gasteiger partial charge in [-0.15, -0.1) is 0 Å². The summed E-state index contributed by atoms with van der Waals surface area (Å²) in [4.78, 5) is 23.4. The Morgan fingerprint density at radius 1 is 0.844 bits per heavy atom. The van der Waals surface area contributed by atoms with Gasteiger partial charge in [-0.2, -0.15) is 0 Å². The normalized spacial score (nSPS) is 14.6. The second-order valence-electron chi connectivity index (χ2n) is 10.4. The summed E-state index contributed by atoms with van der Waals surface area (Å²) in [6.07, 6.45) is 2.39. The number of imide groups is 1. The largest absolute Gasteiger partial charge is 0.493 e. The van der Waals surface area contributed by atoms with E-state index in [1.807, 2.05) is 37.3 Å². The van der Waals surface area contributed by atoms with Crippen LogP contribution in [0.15, 0.2) is 95.9 Å². The first-order valence-electron chi connectivity index (χ1n) is 14.6. The fraction of sp³-hybridized carbons (Fsp3) is 0.235. The molecule has 1 aliphatic heterocycles. The molecule has 1 unspecified atom stereocenters. The number of carbonyl (C=O) groups excluding carboxylic acids is 2. The molecule has 0 saturated carbocycles. The highest BCUT2D eigenvalue weighted by Gasteiger charge is 2.32. The van der Waals surface area contributed by atoms with Crippen LogP contribution >= 0.6 is 11.8 Å². The molecule has 0 bridgehead atoms. The summed E-state index contributed by atoms with van der Waals surface area (Å²) in [5.41, 5.74) is 3.15. The van der Waals surface area contributed by atoms with E-state index in [1.54, 1.807) is 48.5 Å². The molecule has 0 aromatic heterocycles. The average Bonchev–Trinajstić information content (AvgIpc) is 3.37. The number of hydrogen-bond donors (Lipinski definition) is 2. The van der Waals surface area contributed by atoms with Crippen molar-refractivity contribution in [2.75, 3.05) is 17.9 Å². The van der Waals surface area contributed by atoms with E-state index in [1.165, 1.54) is 12.1 Å². The average molecular weight is 647 g/mol. The molecular formula is C34H34N2O7S2. The van der Waals surface area contributed by atoms with Gasteiger partial charge >= 0.3 is 0 Å². The second kappa shape index (κ2) is 14.5. The van der Waals surface area contributed by atoms with E-state index in [0.717, 1.165) is 47.0 Å². The Balaban J connectivity index is 1.12. The van der Waals surface area contributed by atoms with Crippen molar-refractivity contribution in [3.8, 4) is 23.0 Å². The molecule has 4 aromatic carbocycles.